The summed E-state index contributed by atoms with van der Waals surface area (Å²) in [5, 5.41) is 5.95. The first-order valence-corrected chi connectivity index (χ1v) is 4.67. The third kappa shape index (κ3) is 2.53. The topological polar surface area (TPSA) is 94.0 Å². The Morgan fingerprint density at radius 3 is 2.60 bits per heavy atom. The van der Waals surface area contributed by atoms with Crippen LogP contribution in [0.2, 0.25) is 0 Å². The highest BCUT2D eigenvalue weighted by Crippen LogP contribution is 2.28. The second-order valence-electron chi connectivity index (χ2n) is 4.38. The van der Waals surface area contributed by atoms with Crippen LogP contribution in [0.4, 0.5) is 0 Å². The van der Waals surface area contributed by atoms with Gasteiger partial charge in [0, 0.05) is 7.05 Å². The summed E-state index contributed by atoms with van der Waals surface area (Å²) >= 11 is 0. The van der Waals surface area contributed by atoms with E-state index in [0.29, 0.717) is 0 Å². The van der Waals surface area contributed by atoms with E-state index in [4.69, 9.17) is 10.3 Å². The molecule has 0 aliphatic heterocycles. The van der Waals surface area contributed by atoms with Crippen molar-refractivity contribution in [2.75, 3.05) is 7.05 Å². The van der Waals surface area contributed by atoms with Crippen LogP contribution >= 0.6 is 0 Å². The number of carbonyl (C=O) groups is 1. The summed E-state index contributed by atoms with van der Waals surface area (Å²) in [6.45, 7) is 5.88. The van der Waals surface area contributed by atoms with Crippen molar-refractivity contribution in [1.29, 1.82) is 0 Å². The molecule has 1 atom stereocenters. The maximum atomic E-state index is 11.2. The lowest BCUT2D eigenvalue weighted by Gasteiger charge is -2.23. The second-order valence-corrected chi connectivity index (χ2v) is 4.38. The summed E-state index contributed by atoms with van der Waals surface area (Å²) in [6, 6.07) is -0.386. The van der Waals surface area contributed by atoms with Crippen LogP contribution in [0.1, 0.15) is 43.3 Å². The van der Waals surface area contributed by atoms with Gasteiger partial charge in [0.25, 0.3) is 11.7 Å². The first-order chi connectivity index (χ1) is 6.86. The van der Waals surface area contributed by atoms with Gasteiger partial charge in [0.2, 0.25) is 5.89 Å². The lowest BCUT2D eigenvalue weighted by Crippen LogP contribution is -2.27. The average molecular weight is 212 g/mol. The van der Waals surface area contributed by atoms with Crippen molar-refractivity contribution in [1.82, 2.24) is 15.5 Å². The Morgan fingerprint density at radius 2 is 2.13 bits per heavy atom. The Morgan fingerprint density at radius 1 is 1.53 bits per heavy atom. The van der Waals surface area contributed by atoms with Crippen LogP contribution in [0.5, 0.6) is 0 Å². The van der Waals surface area contributed by atoms with Crippen LogP contribution in [0.15, 0.2) is 4.52 Å². The molecule has 1 rings (SSSR count). The van der Waals surface area contributed by atoms with Crippen molar-refractivity contribution in [2.45, 2.75) is 26.8 Å². The minimum atomic E-state index is -0.386. The van der Waals surface area contributed by atoms with E-state index >= 15 is 0 Å². The van der Waals surface area contributed by atoms with Gasteiger partial charge in [-0.3, -0.25) is 4.79 Å². The molecule has 0 aliphatic rings. The molecule has 6 nitrogen and oxygen atoms in total. The molecule has 6 heteroatoms. The van der Waals surface area contributed by atoms with Crippen molar-refractivity contribution in [3.05, 3.63) is 11.7 Å². The maximum absolute atomic E-state index is 11.2. The lowest BCUT2D eigenvalue weighted by molar-refractivity contribution is 0.0950. The third-order valence-electron chi connectivity index (χ3n) is 2.07. The minimum Gasteiger partial charge on any atom is -0.352 e. The minimum absolute atomic E-state index is 0.00667. The molecule has 0 saturated carbocycles. The van der Waals surface area contributed by atoms with E-state index in [9.17, 15) is 4.79 Å². The number of nitrogens with zero attached hydrogens (tertiary/aromatic N) is 2. The van der Waals surface area contributed by atoms with Crippen LogP contribution in [-0.2, 0) is 0 Å². The normalized spacial score (nSPS) is 13.7. The molecule has 0 aliphatic carbocycles. The SMILES string of the molecule is CNC(=O)c1noc(C(N)C(C)(C)C)n1. The molecule has 0 radical (unpaired) electrons. The van der Waals surface area contributed by atoms with Gasteiger partial charge in [-0.1, -0.05) is 25.9 Å². The van der Waals surface area contributed by atoms with E-state index in [0.717, 1.165) is 0 Å². The molecule has 0 bridgehead atoms. The van der Waals surface area contributed by atoms with Gasteiger partial charge >= 0.3 is 0 Å². The standard InChI is InChI=1S/C9H16N4O2/c1-9(2,3)5(10)8-12-6(13-15-8)7(14)11-4/h5H,10H2,1-4H3,(H,11,14). The van der Waals surface area contributed by atoms with E-state index in [-0.39, 0.29) is 29.1 Å². The van der Waals surface area contributed by atoms with Crippen molar-refractivity contribution in [3.8, 4) is 0 Å². The number of rotatable bonds is 2. The first-order valence-electron chi connectivity index (χ1n) is 4.67. The van der Waals surface area contributed by atoms with Crippen molar-refractivity contribution >= 4 is 5.91 Å². The van der Waals surface area contributed by atoms with Gasteiger partial charge in [-0.25, -0.2) is 0 Å². The van der Waals surface area contributed by atoms with E-state index in [1.54, 1.807) is 0 Å². The zero-order chi connectivity index (χ0) is 11.6. The summed E-state index contributed by atoms with van der Waals surface area (Å²) in [6.07, 6.45) is 0. The molecule has 3 N–H and O–H groups in total. The predicted molar refractivity (Wildman–Crippen MR) is 54.1 cm³/mol. The monoisotopic (exact) mass is 212 g/mol. The zero-order valence-corrected chi connectivity index (χ0v) is 9.37. The number of nitrogens with one attached hydrogen (secondary N) is 1. The van der Waals surface area contributed by atoms with Gasteiger partial charge in [0.1, 0.15) is 0 Å². The Balaban J connectivity index is 2.89. The Labute approximate surface area is 88.2 Å². The Bertz CT molecular complexity index is 353. The van der Waals surface area contributed by atoms with Gasteiger partial charge in [-0.15, -0.1) is 0 Å². The molecule has 1 aromatic heterocycles. The fraction of sp³-hybridized carbons (Fsp3) is 0.667. The molecular weight excluding hydrogens is 196 g/mol. The number of amides is 1. The van der Waals surface area contributed by atoms with Crippen molar-refractivity contribution in [2.24, 2.45) is 11.1 Å². The summed E-state index contributed by atoms with van der Waals surface area (Å²) in [7, 11) is 1.50. The van der Waals surface area contributed by atoms with Crippen molar-refractivity contribution < 1.29 is 9.32 Å². The number of hydrogen-bond donors (Lipinski definition) is 2. The predicted octanol–water partition coefficient (Wildman–Crippen LogP) is 0.475. The molecular formula is C9H16N4O2. The molecule has 1 aromatic rings. The lowest BCUT2D eigenvalue weighted by atomic mass is 9.87. The van der Waals surface area contributed by atoms with E-state index in [1.165, 1.54) is 7.05 Å². The number of aromatic nitrogens is 2. The van der Waals surface area contributed by atoms with Crippen molar-refractivity contribution in [3.63, 3.8) is 0 Å². The zero-order valence-electron chi connectivity index (χ0n) is 9.37. The van der Waals surface area contributed by atoms with Gasteiger partial charge in [-0.05, 0) is 5.41 Å². The van der Waals surface area contributed by atoms with Crippen LogP contribution < -0.4 is 11.1 Å². The Hall–Kier alpha value is -1.43. The molecule has 0 spiro atoms. The van der Waals surface area contributed by atoms with Crippen LogP contribution in [-0.4, -0.2) is 23.1 Å². The summed E-state index contributed by atoms with van der Waals surface area (Å²) in [5.41, 5.74) is 5.71. The van der Waals surface area contributed by atoms with Gasteiger partial charge in [0.05, 0.1) is 6.04 Å². The fourth-order valence-corrected chi connectivity index (χ4v) is 0.936. The van der Waals surface area contributed by atoms with Crippen LogP contribution in [0.25, 0.3) is 0 Å². The fourth-order valence-electron chi connectivity index (χ4n) is 0.936. The number of hydrogen-bond acceptors (Lipinski definition) is 5. The molecule has 15 heavy (non-hydrogen) atoms. The molecule has 0 fully saturated rings. The van der Waals surface area contributed by atoms with Gasteiger partial charge in [0.15, 0.2) is 0 Å². The van der Waals surface area contributed by atoms with E-state index in [2.05, 4.69) is 15.5 Å². The average Bonchev–Trinajstić information content (AvgIpc) is 2.62. The summed E-state index contributed by atoms with van der Waals surface area (Å²) in [5.74, 6) is -0.0978. The summed E-state index contributed by atoms with van der Waals surface area (Å²) < 4.78 is 4.93. The highest BCUT2D eigenvalue weighted by atomic mass is 16.5. The summed E-state index contributed by atoms with van der Waals surface area (Å²) in [4.78, 5) is 15.1. The maximum Gasteiger partial charge on any atom is 0.292 e. The molecule has 1 heterocycles. The molecule has 1 amide bonds. The van der Waals surface area contributed by atoms with Gasteiger partial charge in [-0.2, -0.15) is 4.98 Å². The third-order valence-corrected chi connectivity index (χ3v) is 2.07. The van der Waals surface area contributed by atoms with E-state index < -0.39 is 0 Å². The largest absolute Gasteiger partial charge is 0.352 e. The molecule has 0 aromatic carbocycles. The highest BCUT2D eigenvalue weighted by Gasteiger charge is 2.28. The Kier molecular flexibility index (Phi) is 3.09. The van der Waals surface area contributed by atoms with Crippen LogP contribution in [0, 0.1) is 5.41 Å². The van der Waals surface area contributed by atoms with E-state index in [1.807, 2.05) is 20.8 Å². The first kappa shape index (κ1) is 11.6. The number of nitrogens with two attached hydrogens (primary N) is 1. The quantitative estimate of drug-likeness (QED) is 0.743. The van der Waals surface area contributed by atoms with Gasteiger partial charge < -0.3 is 15.6 Å². The highest BCUT2D eigenvalue weighted by molar-refractivity contribution is 5.89. The molecule has 0 saturated heterocycles. The number of carbonyl (C=O) groups excluding carboxylic acids is 1. The smallest absolute Gasteiger partial charge is 0.292 e. The van der Waals surface area contributed by atoms with Crippen LogP contribution in [0.3, 0.4) is 0 Å². The molecule has 1 unspecified atom stereocenters. The molecule has 84 valence electrons. The second kappa shape index (κ2) is 3.98.